The zero-order chi connectivity index (χ0) is 17.7. The second-order valence-electron chi connectivity index (χ2n) is 6.34. The Labute approximate surface area is 149 Å². The molecule has 0 rings (SSSR count). The molecule has 0 saturated carbocycles. The van der Waals surface area contributed by atoms with Crippen molar-refractivity contribution in [3.05, 3.63) is 0 Å². The summed E-state index contributed by atoms with van der Waals surface area (Å²) in [5, 5.41) is 0. The Bertz CT molecular complexity index is 246. The van der Waals surface area contributed by atoms with Gasteiger partial charge in [0, 0.05) is 20.1 Å². The molecule has 0 aliphatic rings. The van der Waals surface area contributed by atoms with Crippen molar-refractivity contribution in [3.8, 4) is 0 Å². The smallest absolute Gasteiger partial charge is 0.271 e. The van der Waals surface area contributed by atoms with Gasteiger partial charge < -0.3 is 14.2 Å². The molecule has 4 nitrogen and oxygen atoms in total. The molecule has 0 N–H and O–H groups in total. The molecular weight excluding hydrogens is 304 g/mol. The van der Waals surface area contributed by atoms with Crippen LogP contribution in [0.25, 0.3) is 0 Å². The molecule has 0 spiro atoms. The van der Waals surface area contributed by atoms with E-state index in [0.29, 0.717) is 19.6 Å². The van der Waals surface area contributed by atoms with Crippen molar-refractivity contribution < 1.29 is 19.0 Å². The first-order chi connectivity index (χ1) is 11.8. The van der Waals surface area contributed by atoms with E-state index in [4.69, 9.17) is 14.2 Å². The number of hydrogen-bond acceptors (Lipinski definition) is 4. The summed E-state index contributed by atoms with van der Waals surface area (Å²) >= 11 is 0. The molecule has 0 aliphatic heterocycles. The Morgan fingerprint density at radius 3 is 1.58 bits per heavy atom. The summed E-state index contributed by atoms with van der Waals surface area (Å²) in [5.41, 5.74) is 0. The topological polar surface area (TPSA) is 44.8 Å². The predicted octanol–water partition coefficient (Wildman–Crippen LogP) is 5.54. The number of methoxy groups -OCH3 is 1. The monoisotopic (exact) mass is 343 g/mol. The lowest BCUT2D eigenvalue weighted by Crippen LogP contribution is -2.19. The van der Waals surface area contributed by atoms with E-state index in [-0.39, 0.29) is 0 Å². The highest BCUT2D eigenvalue weighted by Gasteiger charge is 2.05. The van der Waals surface area contributed by atoms with Crippen LogP contribution in [0.4, 0.5) is 0 Å². The lowest BCUT2D eigenvalue weighted by Gasteiger charge is -2.15. The zero-order valence-electron chi connectivity index (χ0n) is 16.0. The molecular formula is C20H39O4. The Hall–Kier alpha value is -0.450. The Morgan fingerprint density at radius 1 is 0.708 bits per heavy atom. The van der Waals surface area contributed by atoms with Gasteiger partial charge in [-0.15, -0.1) is 0 Å². The van der Waals surface area contributed by atoms with Gasteiger partial charge in [0.1, 0.15) is 0 Å². The van der Waals surface area contributed by atoms with Crippen LogP contribution in [-0.2, 0) is 19.0 Å². The molecule has 0 bridgehead atoms. The highest BCUT2D eigenvalue weighted by molar-refractivity contribution is 5.50. The third-order valence-corrected chi connectivity index (χ3v) is 4.17. The Balaban J connectivity index is 3.08. The fourth-order valence-electron chi connectivity index (χ4n) is 2.74. The van der Waals surface area contributed by atoms with Crippen molar-refractivity contribution in [1.82, 2.24) is 0 Å². The third kappa shape index (κ3) is 17.9. The van der Waals surface area contributed by atoms with Crippen molar-refractivity contribution in [3.63, 3.8) is 0 Å². The normalized spacial score (nSPS) is 12.4. The molecule has 1 atom stereocenters. The molecule has 0 fully saturated rings. The summed E-state index contributed by atoms with van der Waals surface area (Å²) in [4.78, 5) is 10.1. The van der Waals surface area contributed by atoms with Gasteiger partial charge in [-0.05, 0) is 19.8 Å². The van der Waals surface area contributed by atoms with Gasteiger partial charge in [0.25, 0.3) is 6.48 Å². The SMILES string of the molecule is CCOC(OC)OCCCCCCCCCCCCCCC[C]=O. The van der Waals surface area contributed by atoms with Gasteiger partial charge >= 0.3 is 0 Å². The molecule has 4 heteroatoms. The molecule has 1 unspecified atom stereocenters. The molecule has 0 aromatic carbocycles. The van der Waals surface area contributed by atoms with E-state index in [9.17, 15) is 4.79 Å². The average molecular weight is 344 g/mol. The quantitative estimate of drug-likeness (QED) is 0.215. The van der Waals surface area contributed by atoms with Crippen LogP contribution in [0.15, 0.2) is 0 Å². The molecule has 0 aliphatic carbocycles. The molecule has 0 saturated heterocycles. The number of rotatable bonds is 20. The van der Waals surface area contributed by atoms with Crippen molar-refractivity contribution in [2.24, 2.45) is 0 Å². The van der Waals surface area contributed by atoms with Crippen molar-refractivity contribution in [2.45, 2.75) is 103 Å². The maximum atomic E-state index is 10.1. The van der Waals surface area contributed by atoms with E-state index in [1.165, 1.54) is 70.6 Å². The first kappa shape index (κ1) is 23.5. The molecule has 24 heavy (non-hydrogen) atoms. The van der Waals surface area contributed by atoms with Crippen molar-refractivity contribution in [1.29, 1.82) is 0 Å². The fourth-order valence-corrected chi connectivity index (χ4v) is 2.74. The summed E-state index contributed by atoms with van der Waals surface area (Å²) in [6.07, 6.45) is 19.1. The molecule has 1 radical (unpaired) electrons. The largest absolute Gasteiger partial charge is 0.333 e. The van der Waals surface area contributed by atoms with E-state index in [1.807, 2.05) is 13.2 Å². The fraction of sp³-hybridized carbons (Fsp3) is 0.950. The lowest BCUT2D eigenvalue weighted by atomic mass is 10.0. The summed E-state index contributed by atoms with van der Waals surface area (Å²) in [5.74, 6) is 0. The van der Waals surface area contributed by atoms with Gasteiger partial charge in [-0.3, -0.25) is 4.79 Å². The van der Waals surface area contributed by atoms with Gasteiger partial charge in [0.2, 0.25) is 0 Å². The van der Waals surface area contributed by atoms with Gasteiger partial charge in [-0.2, -0.15) is 0 Å². The molecule has 143 valence electrons. The first-order valence-electron chi connectivity index (χ1n) is 9.96. The highest BCUT2D eigenvalue weighted by Crippen LogP contribution is 2.13. The minimum absolute atomic E-state index is 0.502. The molecule has 0 aromatic heterocycles. The molecule has 0 aromatic rings. The van der Waals surface area contributed by atoms with Gasteiger partial charge in [-0.1, -0.05) is 70.6 Å². The van der Waals surface area contributed by atoms with Crippen LogP contribution in [0.1, 0.15) is 96.8 Å². The summed E-state index contributed by atoms with van der Waals surface area (Å²) in [7, 11) is 1.60. The zero-order valence-corrected chi connectivity index (χ0v) is 16.0. The van der Waals surface area contributed by atoms with Gasteiger partial charge in [0.05, 0.1) is 6.61 Å². The van der Waals surface area contributed by atoms with E-state index in [1.54, 1.807) is 7.11 Å². The second-order valence-corrected chi connectivity index (χ2v) is 6.34. The number of ether oxygens (including phenoxy) is 3. The van der Waals surface area contributed by atoms with Crippen LogP contribution in [0, 0.1) is 0 Å². The van der Waals surface area contributed by atoms with Crippen molar-refractivity contribution in [2.75, 3.05) is 20.3 Å². The van der Waals surface area contributed by atoms with E-state index in [0.717, 1.165) is 12.8 Å². The summed E-state index contributed by atoms with van der Waals surface area (Å²) in [6, 6.07) is 0. The summed E-state index contributed by atoms with van der Waals surface area (Å²) < 4.78 is 15.8. The van der Waals surface area contributed by atoms with Crippen LogP contribution < -0.4 is 0 Å². The maximum absolute atomic E-state index is 10.1. The van der Waals surface area contributed by atoms with Crippen LogP contribution in [0.3, 0.4) is 0 Å². The average Bonchev–Trinajstić information content (AvgIpc) is 2.60. The van der Waals surface area contributed by atoms with Crippen molar-refractivity contribution >= 4 is 6.29 Å². The van der Waals surface area contributed by atoms with Gasteiger partial charge in [0.15, 0.2) is 6.29 Å². The Kier molecular flexibility index (Phi) is 20.2. The molecule has 0 amide bonds. The standard InChI is InChI=1S/C20H39O4/c1-3-23-20(22-2)24-19-17-15-13-11-9-7-5-4-6-8-10-12-14-16-18-21/h20H,3-17,19H2,1-2H3. The number of hydrogen-bond donors (Lipinski definition) is 0. The minimum atomic E-state index is -0.502. The first-order valence-corrected chi connectivity index (χ1v) is 9.96. The van der Waals surface area contributed by atoms with Crippen LogP contribution in [0.2, 0.25) is 0 Å². The van der Waals surface area contributed by atoms with Crippen LogP contribution in [-0.4, -0.2) is 33.1 Å². The number of unbranched alkanes of at least 4 members (excludes halogenated alkanes) is 13. The maximum Gasteiger partial charge on any atom is 0.271 e. The van der Waals surface area contributed by atoms with E-state index < -0.39 is 6.48 Å². The molecule has 0 heterocycles. The highest BCUT2D eigenvalue weighted by atomic mass is 16.8. The minimum Gasteiger partial charge on any atom is -0.333 e. The van der Waals surface area contributed by atoms with E-state index in [2.05, 4.69) is 0 Å². The lowest BCUT2D eigenvalue weighted by molar-refractivity contribution is -0.275. The predicted molar refractivity (Wildman–Crippen MR) is 98.7 cm³/mol. The van der Waals surface area contributed by atoms with Crippen LogP contribution in [0.5, 0.6) is 0 Å². The second kappa shape index (κ2) is 20.6. The Morgan fingerprint density at radius 2 is 1.17 bits per heavy atom. The third-order valence-electron chi connectivity index (χ3n) is 4.17. The van der Waals surface area contributed by atoms with Gasteiger partial charge in [-0.25, -0.2) is 0 Å². The number of carbonyl (C=O) groups excluding carboxylic acids is 1. The van der Waals surface area contributed by atoms with Crippen LogP contribution >= 0.6 is 0 Å². The van der Waals surface area contributed by atoms with E-state index >= 15 is 0 Å². The summed E-state index contributed by atoms with van der Waals surface area (Å²) in [6.45, 7) is 2.75.